The van der Waals surface area contributed by atoms with Crippen molar-refractivity contribution < 1.29 is 9.84 Å². The van der Waals surface area contributed by atoms with Gasteiger partial charge in [-0.25, -0.2) is 9.97 Å². The number of anilines is 1. The van der Waals surface area contributed by atoms with E-state index >= 15 is 0 Å². The normalized spacial score (nSPS) is 14.4. The van der Waals surface area contributed by atoms with Crippen LogP contribution in [-0.2, 0) is 12.0 Å². The predicted octanol–water partition coefficient (Wildman–Crippen LogP) is 5.24. The maximum Gasteiger partial charge on any atom is 0.299 e. The van der Waals surface area contributed by atoms with Crippen molar-refractivity contribution in [1.29, 1.82) is 0 Å². The molecular weight excluding hydrogens is 541 g/mol. The number of hydrogen-bond acceptors (Lipinski definition) is 6. The highest BCUT2D eigenvalue weighted by Crippen LogP contribution is 2.36. The molecule has 9 heteroatoms. The van der Waals surface area contributed by atoms with Gasteiger partial charge in [0.15, 0.2) is 20.8 Å². The van der Waals surface area contributed by atoms with Crippen LogP contribution in [0.3, 0.4) is 0 Å². The molecular formula is C23H21ClIN5O2. The Balaban J connectivity index is 1.37. The van der Waals surface area contributed by atoms with E-state index in [-0.39, 0.29) is 11.3 Å². The van der Waals surface area contributed by atoms with Gasteiger partial charge in [0.2, 0.25) is 0 Å². The molecule has 7 nitrogen and oxygen atoms in total. The van der Waals surface area contributed by atoms with Gasteiger partial charge in [0, 0.05) is 39.7 Å². The first-order valence-electron chi connectivity index (χ1n) is 10.2. The zero-order valence-corrected chi connectivity index (χ0v) is 20.5. The van der Waals surface area contributed by atoms with Gasteiger partial charge in [0.05, 0.1) is 5.54 Å². The standard InChI is InChI=1S/C23H21ClIN5O2/c1-23(2)12-32-22-27-18-19(28-21(25)29-20(18)30(22)23)26-10-9-13-3-8-17(31)16(11-13)14-4-6-15(24)7-5-14/h3-8,11,31H,9-10,12H2,1-2H3,(H,26,28,29). The number of benzene rings is 2. The van der Waals surface area contributed by atoms with E-state index < -0.39 is 0 Å². The molecule has 0 bridgehead atoms. The number of hydrogen-bond donors (Lipinski definition) is 2. The van der Waals surface area contributed by atoms with Crippen molar-refractivity contribution in [2.45, 2.75) is 25.8 Å². The quantitative estimate of drug-likeness (QED) is 0.256. The summed E-state index contributed by atoms with van der Waals surface area (Å²) in [6.07, 6.45) is 0.749. The van der Waals surface area contributed by atoms with Crippen LogP contribution in [0, 0.1) is 3.83 Å². The number of nitrogens with one attached hydrogen (secondary N) is 1. The summed E-state index contributed by atoms with van der Waals surface area (Å²) in [4.78, 5) is 13.8. The Labute approximate surface area is 204 Å². The number of aromatic hydroxyl groups is 1. The van der Waals surface area contributed by atoms with Crippen LogP contribution in [0.25, 0.3) is 22.3 Å². The van der Waals surface area contributed by atoms with E-state index in [0.29, 0.717) is 39.4 Å². The zero-order valence-electron chi connectivity index (χ0n) is 17.6. The van der Waals surface area contributed by atoms with E-state index in [4.69, 9.17) is 16.3 Å². The van der Waals surface area contributed by atoms with Crippen LogP contribution in [0.5, 0.6) is 11.8 Å². The van der Waals surface area contributed by atoms with Crippen LogP contribution in [0.1, 0.15) is 19.4 Å². The van der Waals surface area contributed by atoms with Crippen LogP contribution in [0.15, 0.2) is 42.5 Å². The Morgan fingerprint density at radius 3 is 2.72 bits per heavy atom. The molecule has 0 fully saturated rings. The molecule has 1 aliphatic rings. The fourth-order valence-corrected chi connectivity index (χ4v) is 4.50. The molecule has 0 spiro atoms. The monoisotopic (exact) mass is 561 g/mol. The average molecular weight is 562 g/mol. The molecule has 0 saturated heterocycles. The van der Waals surface area contributed by atoms with Crippen molar-refractivity contribution in [2.24, 2.45) is 0 Å². The molecule has 0 saturated carbocycles. The Kier molecular flexibility index (Phi) is 5.37. The minimum absolute atomic E-state index is 0.205. The fourth-order valence-electron chi connectivity index (χ4n) is 3.91. The van der Waals surface area contributed by atoms with Crippen molar-refractivity contribution in [2.75, 3.05) is 18.5 Å². The maximum absolute atomic E-state index is 10.3. The Morgan fingerprint density at radius 2 is 1.94 bits per heavy atom. The summed E-state index contributed by atoms with van der Waals surface area (Å²) in [5, 5.41) is 14.4. The largest absolute Gasteiger partial charge is 0.507 e. The highest BCUT2D eigenvalue weighted by atomic mass is 127. The number of phenolic OH excluding ortho intramolecular Hbond substituents is 1. The summed E-state index contributed by atoms with van der Waals surface area (Å²) in [5.74, 6) is 0.934. The lowest BCUT2D eigenvalue weighted by molar-refractivity contribution is 0.268. The molecule has 2 N–H and O–H groups in total. The number of ether oxygens (including phenoxy) is 1. The SMILES string of the molecule is CC1(C)COc2nc3c(NCCc4ccc(O)c(-c5ccc(Cl)cc5)c4)nc(I)nc3n21. The first-order chi connectivity index (χ1) is 15.3. The number of aromatic nitrogens is 4. The molecule has 0 unspecified atom stereocenters. The summed E-state index contributed by atoms with van der Waals surface area (Å²) in [6, 6.07) is 13.7. The number of rotatable bonds is 5. The van der Waals surface area contributed by atoms with Gasteiger partial charge in [-0.05, 0) is 55.7 Å². The van der Waals surface area contributed by atoms with Crippen molar-refractivity contribution in [3.8, 4) is 22.9 Å². The second-order valence-electron chi connectivity index (χ2n) is 8.38. The van der Waals surface area contributed by atoms with Crippen LogP contribution in [-0.4, -0.2) is 37.8 Å². The summed E-state index contributed by atoms with van der Waals surface area (Å²) in [7, 11) is 0. The van der Waals surface area contributed by atoms with Gasteiger partial charge in [-0.15, -0.1) is 0 Å². The lowest BCUT2D eigenvalue weighted by atomic mass is 10.0. The molecule has 4 aromatic rings. The fraction of sp³-hybridized carbons (Fsp3) is 0.261. The predicted molar refractivity (Wildman–Crippen MR) is 134 cm³/mol. The third-order valence-corrected chi connectivity index (χ3v) is 6.27. The van der Waals surface area contributed by atoms with E-state index in [9.17, 15) is 5.11 Å². The van der Waals surface area contributed by atoms with Crippen LogP contribution >= 0.6 is 34.2 Å². The van der Waals surface area contributed by atoms with Crippen molar-refractivity contribution in [1.82, 2.24) is 19.5 Å². The van der Waals surface area contributed by atoms with Crippen molar-refractivity contribution in [3.05, 3.63) is 56.9 Å². The van der Waals surface area contributed by atoms with Crippen LogP contribution < -0.4 is 10.1 Å². The van der Waals surface area contributed by atoms with E-state index in [0.717, 1.165) is 28.8 Å². The smallest absolute Gasteiger partial charge is 0.299 e. The van der Waals surface area contributed by atoms with E-state index in [1.54, 1.807) is 6.07 Å². The molecule has 5 rings (SSSR count). The third-order valence-electron chi connectivity index (χ3n) is 5.53. The van der Waals surface area contributed by atoms with Gasteiger partial charge < -0.3 is 15.2 Å². The van der Waals surface area contributed by atoms with E-state index in [1.807, 2.05) is 41.0 Å². The molecule has 32 heavy (non-hydrogen) atoms. The zero-order chi connectivity index (χ0) is 22.5. The average Bonchev–Trinajstić information content (AvgIpc) is 3.27. The van der Waals surface area contributed by atoms with Gasteiger partial charge in [0.25, 0.3) is 6.01 Å². The van der Waals surface area contributed by atoms with Crippen molar-refractivity contribution >= 4 is 51.2 Å². The minimum atomic E-state index is -0.205. The first-order valence-corrected chi connectivity index (χ1v) is 11.7. The molecule has 164 valence electrons. The number of fused-ring (bicyclic) bond motifs is 3. The van der Waals surface area contributed by atoms with Crippen LogP contribution in [0.4, 0.5) is 5.82 Å². The van der Waals surface area contributed by atoms with Gasteiger partial charge in [-0.2, -0.15) is 4.98 Å². The molecule has 0 atom stereocenters. The Bertz CT molecular complexity index is 1320. The summed E-state index contributed by atoms with van der Waals surface area (Å²) < 4.78 is 8.45. The lowest BCUT2D eigenvalue weighted by Crippen LogP contribution is -2.26. The van der Waals surface area contributed by atoms with E-state index in [1.165, 1.54) is 0 Å². The summed E-state index contributed by atoms with van der Waals surface area (Å²) >= 11 is 8.12. The maximum atomic E-state index is 10.3. The topological polar surface area (TPSA) is 85.1 Å². The first kappa shape index (κ1) is 21.3. The number of halogens is 2. The minimum Gasteiger partial charge on any atom is -0.507 e. The molecule has 1 aliphatic heterocycles. The molecule has 0 radical (unpaired) electrons. The second kappa shape index (κ2) is 8.08. The van der Waals surface area contributed by atoms with Gasteiger partial charge in [-0.3, -0.25) is 4.57 Å². The Hall–Kier alpha value is -2.59. The van der Waals surface area contributed by atoms with Gasteiger partial charge >= 0.3 is 0 Å². The van der Waals surface area contributed by atoms with E-state index in [2.05, 4.69) is 56.7 Å². The summed E-state index contributed by atoms with van der Waals surface area (Å²) in [5.41, 5.74) is 4.08. The lowest BCUT2D eigenvalue weighted by Gasteiger charge is -2.18. The Morgan fingerprint density at radius 1 is 1.16 bits per heavy atom. The summed E-state index contributed by atoms with van der Waals surface area (Å²) in [6.45, 7) is 5.44. The molecule has 2 aromatic heterocycles. The number of nitrogens with zero attached hydrogens (tertiary/aromatic N) is 4. The van der Waals surface area contributed by atoms with Crippen molar-refractivity contribution in [3.63, 3.8) is 0 Å². The molecule has 3 heterocycles. The van der Waals surface area contributed by atoms with Gasteiger partial charge in [0.1, 0.15) is 12.4 Å². The third kappa shape index (κ3) is 3.86. The molecule has 0 amide bonds. The molecule has 2 aromatic carbocycles. The van der Waals surface area contributed by atoms with Crippen LogP contribution in [0.2, 0.25) is 5.02 Å². The molecule has 0 aliphatic carbocycles. The van der Waals surface area contributed by atoms with Gasteiger partial charge in [-0.1, -0.05) is 29.8 Å². The number of imidazole rings is 1. The highest BCUT2D eigenvalue weighted by Gasteiger charge is 2.36. The highest BCUT2D eigenvalue weighted by molar-refractivity contribution is 14.1. The second-order valence-corrected chi connectivity index (χ2v) is 9.78. The number of phenols is 1.